The molecule has 1 amide bonds. The van der Waals surface area contributed by atoms with Gasteiger partial charge in [0.15, 0.2) is 0 Å². The number of para-hydroxylation sites is 2. The molecule has 0 bridgehead atoms. The molecule has 0 aliphatic heterocycles. The highest BCUT2D eigenvalue weighted by molar-refractivity contribution is 6.03. The zero-order valence-electron chi connectivity index (χ0n) is 12.1. The Hall–Kier alpha value is -3.28. The third-order valence-electron chi connectivity index (χ3n) is 3.10. The highest BCUT2D eigenvalue weighted by atomic mass is 19.1. The molecule has 0 aliphatic carbocycles. The van der Waals surface area contributed by atoms with Crippen LogP contribution in [-0.4, -0.2) is 20.7 Å². The number of hydrogen-bond donors (Lipinski definition) is 1. The average Bonchev–Trinajstić information content (AvgIpc) is 3.08. The third-order valence-corrected chi connectivity index (χ3v) is 3.10. The van der Waals surface area contributed by atoms with Gasteiger partial charge < -0.3 is 5.32 Å². The number of hydrogen-bond acceptors (Lipinski definition) is 3. The maximum Gasteiger partial charge on any atom is 0.248 e. The van der Waals surface area contributed by atoms with E-state index in [9.17, 15) is 9.18 Å². The molecule has 1 aromatic heterocycles. The maximum absolute atomic E-state index is 13.1. The van der Waals surface area contributed by atoms with Crippen molar-refractivity contribution in [2.45, 2.75) is 0 Å². The summed E-state index contributed by atoms with van der Waals surface area (Å²) in [5.41, 5.74) is 1.93. The van der Waals surface area contributed by atoms with Crippen molar-refractivity contribution in [1.82, 2.24) is 14.8 Å². The Kier molecular flexibility index (Phi) is 4.24. The zero-order valence-corrected chi connectivity index (χ0v) is 12.1. The summed E-state index contributed by atoms with van der Waals surface area (Å²) >= 11 is 0. The number of nitrogens with zero attached hydrogens (tertiary/aromatic N) is 3. The highest BCUT2D eigenvalue weighted by Crippen LogP contribution is 2.18. The van der Waals surface area contributed by atoms with Crippen molar-refractivity contribution in [2.75, 3.05) is 5.32 Å². The molecular weight excluding hydrogens is 295 g/mol. The Morgan fingerprint density at radius 1 is 1.17 bits per heavy atom. The molecular formula is C17H13FN4O. The number of carbonyl (C=O) groups is 1. The molecule has 0 aliphatic rings. The van der Waals surface area contributed by atoms with E-state index in [2.05, 4.69) is 15.4 Å². The second-order valence-electron chi connectivity index (χ2n) is 4.73. The summed E-state index contributed by atoms with van der Waals surface area (Å²) in [6.07, 6.45) is 5.87. The lowest BCUT2D eigenvalue weighted by Gasteiger charge is -2.08. The first-order valence-corrected chi connectivity index (χ1v) is 6.91. The van der Waals surface area contributed by atoms with Gasteiger partial charge in [0.1, 0.15) is 18.5 Å². The van der Waals surface area contributed by atoms with Crippen molar-refractivity contribution in [1.29, 1.82) is 0 Å². The van der Waals surface area contributed by atoms with Crippen LogP contribution in [0.3, 0.4) is 0 Å². The number of nitrogens with one attached hydrogen (secondary N) is 1. The van der Waals surface area contributed by atoms with Gasteiger partial charge in [-0.3, -0.25) is 4.79 Å². The SMILES string of the molecule is O=C(/C=C/c1cccc(F)c1)Nc1ccccc1-n1cncn1. The lowest BCUT2D eigenvalue weighted by atomic mass is 10.2. The Labute approximate surface area is 132 Å². The molecule has 0 saturated carbocycles. The van der Waals surface area contributed by atoms with Gasteiger partial charge in [-0.15, -0.1) is 0 Å². The van der Waals surface area contributed by atoms with Crippen molar-refractivity contribution >= 4 is 17.7 Å². The summed E-state index contributed by atoms with van der Waals surface area (Å²) in [4.78, 5) is 15.9. The van der Waals surface area contributed by atoms with E-state index in [1.54, 1.807) is 35.3 Å². The van der Waals surface area contributed by atoms with E-state index in [1.165, 1.54) is 24.5 Å². The lowest BCUT2D eigenvalue weighted by molar-refractivity contribution is -0.111. The molecule has 0 fully saturated rings. The maximum atomic E-state index is 13.1. The monoisotopic (exact) mass is 308 g/mol. The fourth-order valence-corrected chi connectivity index (χ4v) is 2.07. The topological polar surface area (TPSA) is 59.8 Å². The predicted molar refractivity (Wildman–Crippen MR) is 85.4 cm³/mol. The van der Waals surface area contributed by atoms with Gasteiger partial charge >= 0.3 is 0 Å². The quantitative estimate of drug-likeness (QED) is 0.754. The molecule has 1 N–H and O–H groups in total. The molecule has 114 valence electrons. The van der Waals surface area contributed by atoms with E-state index in [0.29, 0.717) is 16.9 Å². The van der Waals surface area contributed by atoms with Crippen molar-refractivity contribution in [3.8, 4) is 5.69 Å². The lowest BCUT2D eigenvalue weighted by Crippen LogP contribution is -2.10. The molecule has 0 saturated heterocycles. The molecule has 3 rings (SSSR count). The first-order valence-electron chi connectivity index (χ1n) is 6.91. The molecule has 0 radical (unpaired) electrons. The number of aromatic nitrogens is 3. The molecule has 2 aromatic carbocycles. The molecule has 5 nitrogen and oxygen atoms in total. The summed E-state index contributed by atoms with van der Waals surface area (Å²) in [5, 5.41) is 6.83. The van der Waals surface area contributed by atoms with E-state index in [1.807, 2.05) is 18.2 Å². The van der Waals surface area contributed by atoms with E-state index in [4.69, 9.17) is 0 Å². The Bertz CT molecular complexity index is 843. The van der Waals surface area contributed by atoms with Crippen LogP contribution in [-0.2, 0) is 4.79 Å². The standard InChI is InChI=1S/C17H13FN4O/c18-14-5-3-4-13(10-14)8-9-17(23)21-15-6-1-2-7-16(15)22-12-19-11-20-22/h1-12H,(H,21,23)/b9-8+. The molecule has 1 heterocycles. The molecule has 0 unspecified atom stereocenters. The molecule has 6 heteroatoms. The van der Waals surface area contributed by atoms with Crippen molar-refractivity contribution in [3.63, 3.8) is 0 Å². The molecule has 0 spiro atoms. The van der Waals surface area contributed by atoms with Gasteiger partial charge in [-0.2, -0.15) is 5.10 Å². The summed E-state index contributed by atoms with van der Waals surface area (Å²) in [5.74, 6) is -0.661. The first-order chi connectivity index (χ1) is 11.2. The second-order valence-corrected chi connectivity index (χ2v) is 4.73. The minimum Gasteiger partial charge on any atom is -0.321 e. The minimum atomic E-state index is -0.343. The van der Waals surface area contributed by atoms with E-state index in [0.717, 1.165) is 0 Å². The van der Waals surface area contributed by atoms with Crippen LogP contribution < -0.4 is 5.32 Å². The minimum absolute atomic E-state index is 0.318. The van der Waals surface area contributed by atoms with Crippen LogP contribution in [0.4, 0.5) is 10.1 Å². The fourth-order valence-electron chi connectivity index (χ4n) is 2.07. The number of anilines is 1. The van der Waals surface area contributed by atoms with Crippen LogP contribution in [0.1, 0.15) is 5.56 Å². The molecule has 23 heavy (non-hydrogen) atoms. The summed E-state index contributed by atoms with van der Waals surface area (Å²) in [6.45, 7) is 0. The molecule has 3 aromatic rings. The summed E-state index contributed by atoms with van der Waals surface area (Å²) in [6, 6.07) is 13.3. The van der Waals surface area contributed by atoms with Gasteiger partial charge in [0, 0.05) is 6.08 Å². The van der Waals surface area contributed by atoms with Crippen LogP contribution in [0, 0.1) is 5.82 Å². The number of rotatable bonds is 4. The Balaban J connectivity index is 1.76. The summed E-state index contributed by atoms with van der Waals surface area (Å²) < 4.78 is 14.7. The molecule has 0 atom stereocenters. The van der Waals surface area contributed by atoms with Crippen LogP contribution >= 0.6 is 0 Å². The normalized spacial score (nSPS) is 10.8. The zero-order chi connectivity index (χ0) is 16.1. The number of halogens is 1. The van der Waals surface area contributed by atoms with E-state index < -0.39 is 0 Å². The van der Waals surface area contributed by atoms with Gasteiger partial charge in [-0.05, 0) is 35.9 Å². The van der Waals surface area contributed by atoms with Crippen LogP contribution in [0.25, 0.3) is 11.8 Å². The Morgan fingerprint density at radius 3 is 2.83 bits per heavy atom. The largest absolute Gasteiger partial charge is 0.321 e. The third kappa shape index (κ3) is 3.68. The number of carbonyl (C=O) groups excluding carboxylic acids is 1. The van der Waals surface area contributed by atoms with Gasteiger partial charge in [-0.1, -0.05) is 24.3 Å². The van der Waals surface area contributed by atoms with Gasteiger partial charge in [0.25, 0.3) is 0 Å². The van der Waals surface area contributed by atoms with Crippen molar-refractivity contribution in [3.05, 3.63) is 78.6 Å². The predicted octanol–water partition coefficient (Wildman–Crippen LogP) is 3.06. The van der Waals surface area contributed by atoms with Gasteiger partial charge in [0.05, 0.1) is 11.4 Å². The van der Waals surface area contributed by atoms with Gasteiger partial charge in [0.2, 0.25) is 5.91 Å². The van der Waals surface area contributed by atoms with Crippen molar-refractivity contribution in [2.24, 2.45) is 0 Å². The second kappa shape index (κ2) is 6.65. The average molecular weight is 308 g/mol. The van der Waals surface area contributed by atoms with Crippen LogP contribution in [0.2, 0.25) is 0 Å². The first kappa shape index (κ1) is 14.6. The number of benzene rings is 2. The van der Waals surface area contributed by atoms with E-state index in [-0.39, 0.29) is 11.7 Å². The number of amides is 1. The highest BCUT2D eigenvalue weighted by Gasteiger charge is 2.06. The van der Waals surface area contributed by atoms with Crippen molar-refractivity contribution < 1.29 is 9.18 Å². The fraction of sp³-hybridized carbons (Fsp3) is 0. The van der Waals surface area contributed by atoms with Crippen LogP contribution in [0.15, 0.2) is 67.3 Å². The van der Waals surface area contributed by atoms with Gasteiger partial charge in [-0.25, -0.2) is 14.1 Å². The van der Waals surface area contributed by atoms with Crippen LogP contribution in [0.5, 0.6) is 0 Å². The van der Waals surface area contributed by atoms with E-state index >= 15 is 0 Å². The Morgan fingerprint density at radius 2 is 2.04 bits per heavy atom. The summed E-state index contributed by atoms with van der Waals surface area (Å²) in [7, 11) is 0. The smallest absolute Gasteiger partial charge is 0.248 e.